The van der Waals surface area contributed by atoms with Crippen LogP contribution in [0.25, 0.3) is 0 Å². The summed E-state index contributed by atoms with van der Waals surface area (Å²) in [5.41, 5.74) is 4.53. The van der Waals surface area contributed by atoms with Crippen molar-refractivity contribution in [3.8, 4) is 11.5 Å². The number of hydrogen-bond donors (Lipinski definition) is 2. The van der Waals surface area contributed by atoms with Crippen LogP contribution in [0.5, 0.6) is 11.5 Å². The number of carbonyl (C=O) groups is 3. The van der Waals surface area contributed by atoms with E-state index < -0.39 is 29.8 Å². The minimum atomic E-state index is -4.56. The highest BCUT2D eigenvalue weighted by Crippen LogP contribution is 2.39. The van der Waals surface area contributed by atoms with E-state index in [-0.39, 0.29) is 44.6 Å². The zero-order valence-corrected chi connectivity index (χ0v) is 30.3. The third kappa shape index (κ3) is 10.7. The number of ketones is 1. The van der Waals surface area contributed by atoms with Crippen molar-refractivity contribution in [1.29, 1.82) is 0 Å². The summed E-state index contributed by atoms with van der Waals surface area (Å²) in [6.45, 7) is 11.6. The molecule has 51 heavy (non-hydrogen) atoms. The number of aryl methyl sites for hydroxylation is 3. The Morgan fingerprint density at radius 2 is 1.63 bits per heavy atom. The number of aliphatic carboxylic acids is 1. The number of esters is 1. The Balaban J connectivity index is 0.000000277. The van der Waals surface area contributed by atoms with Crippen molar-refractivity contribution in [3.63, 3.8) is 0 Å². The molecule has 3 aromatic carbocycles. The molecule has 9 nitrogen and oxygen atoms in total. The van der Waals surface area contributed by atoms with Crippen molar-refractivity contribution >= 4 is 46.6 Å². The lowest BCUT2D eigenvalue weighted by molar-refractivity contribution is -0.146. The highest BCUT2D eigenvalue weighted by molar-refractivity contribution is 6.33. The first kappa shape index (κ1) is 40.9. The summed E-state index contributed by atoms with van der Waals surface area (Å²) in [5, 5.41) is 23.0. The van der Waals surface area contributed by atoms with Crippen LogP contribution in [-0.4, -0.2) is 46.4 Å². The van der Waals surface area contributed by atoms with E-state index in [4.69, 9.17) is 42.6 Å². The standard InChI is InChI=1S/C20H27NO3.C17H11Cl2F3O5/c1-6-16(21-24-7-2)20-17(22)10-15(11-18(20)23)19-13(4)8-12(3)9-14(19)5;1-8(15(23)24)26-16(25)11-7-10(3-4-12(11)18)27-14-5-2-9(6-13(14)19)17(20,21)22/h8-9,15,22H,6-7,10-11H2,1-5H3;2-8H,1H3,(H,23,24)/b21-16+;/t;8-/m.0/s1. The lowest BCUT2D eigenvalue weighted by Crippen LogP contribution is -2.24. The average molecular weight is 753 g/mol. The lowest BCUT2D eigenvalue weighted by Gasteiger charge is -2.27. The highest BCUT2D eigenvalue weighted by Gasteiger charge is 2.33. The monoisotopic (exact) mass is 751 g/mol. The van der Waals surface area contributed by atoms with E-state index in [2.05, 4.69) is 38.1 Å². The molecule has 0 fully saturated rings. The Morgan fingerprint density at radius 3 is 2.16 bits per heavy atom. The number of carboxylic acids is 1. The first-order valence-electron chi connectivity index (χ1n) is 15.9. The van der Waals surface area contributed by atoms with Crippen molar-refractivity contribution in [2.75, 3.05) is 6.61 Å². The topological polar surface area (TPSA) is 132 Å². The van der Waals surface area contributed by atoms with Crippen molar-refractivity contribution in [1.82, 2.24) is 0 Å². The van der Waals surface area contributed by atoms with Gasteiger partial charge in [0.25, 0.3) is 0 Å². The first-order valence-corrected chi connectivity index (χ1v) is 16.6. The molecule has 0 bridgehead atoms. The summed E-state index contributed by atoms with van der Waals surface area (Å²) < 4.78 is 48.1. The summed E-state index contributed by atoms with van der Waals surface area (Å²) in [4.78, 5) is 40.6. The number of alkyl halides is 3. The number of benzene rings is 3. The quantitative estimate of drug-likeness (QED) is 0.119. The molecule has 0 heterocycles. The molecule has 0 saturated carbocycles. The van der Waals surface area contributed by atoms with Crippen LogP contribution < -0.4 is 4.74 Å². The minimum absolute atomic E-state index is 0.0204. The van der Waals surface area contributed by atoms with Crippen molar-refractivity contribution in [2.24, 2.45) is 5.16 Å². The van der Waals surface area contributed by atoms with Crippen molar-refractivity contribution < 1.29 is 52.1 Å². The third-order valence-corrected chi connectivity index (χ3v) is 8.41. The van der Waals surface area contributed by atoms with E-state index in [1.807, 2.05) is 13.8 Å². The van der Waals surface area contributed by atoms with Gasteiger partial charge in [-0.25, -0.2) is 9.59 Å². The van der Waals surface area contributed by atoms with Crippen LogP contribution in [0.1, 0.15) is 84.1 Å². The molecule has 14 heteroatoms. The second-order valence-corrected chi connectivity index (χ2v) is 12.6. The number of aliphatic hydroxyl groups excluding tert-OH is 1. The molecular weight excluding hydrogens is 714 g/mol. The molecule has 3 aromatic rings. The SMILES string of the molecule is CCO/N=C(\CC)C1=C(O)CC(c2c(C)cc(C)cc2C)CC1=O.C[C@H](OC(=O)c1cc(Oc2ccc(C(F)(F)F)cc2Cl)ccc1Cl)C(=O)O. The number of Topliss-reactive ketones (excluding diaryl/α,β-unsaturated/α-hetero) is 1. The number of aliphatic hydroxyl groups is 1. The van der Waals surface area contributed by atoms with Crippen LogP contribution in [0.15, 0.2) is 65.0 Å². The van der Waals surface area contributed by atoms with Crippen LogP contribution in [0.3, 0.4) is 0 Å². The molecule has 0 spiro atoms. The molecule has 2 N–H and O–H groups in total. The number of halogens is 5. The summed E-state index contributed by atoms with van der Waals surface area (Å²) in [6, 6.07) is 10.6. The van der Waals surface area contributed by atoms with E-state index in [0.717, 1.165) is 25.1 Å². The Kier molecular flexibility index (Phi) is 14.1. The van der Waals surface area contributed by atoms with Crippen LogP contribution >= 0.6 is 23.2 Å². The number of carboxylic acid groups (broad SMARTS) is 1. The van der Waals surface area contributed by atoms with Crippen molar-refractivity contribution in [2.45, 2.75) is 79.0 Å². The smallest absolute Gasteiger partial charge is 0.416 e. The van der Waals surface area contributed by atoms with Crippen LogP contribution in [0.4, 0.5) is 13.2 Å². The van der Waals surface area contributed by atoms with Crippen molar-refractivity contribution in [3.05, 3.63) is 103 Å². The third-order valence-electron chi connectivity index (χ3n) is 7.79. The summed E-state index contributed by atoms with van der Waals surface area (Å²) in [6.07, 6.45) is -4.53. The van der Waals surface area contributed by atoms with Crippen LogP contribution in [-0.2, 0) is 25.3 Å². The molecule has 0 radical (unpaired) electrons. The maximum Gasteiger partial charge on any atom is 0.416 e. The zero-order chi connectivity index (χ0) is 38.2. The Hall–Kier alpha value is -4.55. The molecule has 0 aliphatic heterocycles. The van der Waals surface area contributed by atoms with Gasteiger partial charge in [0.15, 0.2) is 11.9 Å². The van der Waals surface area contributed by atoms with E-state index >= 15 is 0 Å². The van der Waals surface area contributed by atoms with Gasteiger partial charge in [0.1, 0.15) is 23.9 Å². The largest absolute Gasteiger partial charge is 0.511 e. The molecule has 274 valence electrons. The number of ether oxygens (including phenoxy) is 2. The van der Waals surface area contributed by atoms with Crippen LogP contribution in [0.2, 0.25) is 10.0 Å². The molecule has 0 saturated heterocycles. The Morgan fingerprint density at radius 1 is 0.980 bits per heavy atom. The van der Waals surface area contributed by atoms with Crippen LogP contribution in [0, 0.1) is 20.8 Å². The van der Waals surface area contributed by atoms with Gasteiger partial charge < -0.3 is 24.5 Å². The van der Waals surface area contributed by atoms with E-state index in [1.165, 1.54) is 34.4 Å². The second-order valence-electron chi connectivity index (χ2n) is 11.7. The van der Waals surface area contributed by atoms with E-state index in [1.54, 1.807) is 0 Å². The molecule has 1 unspecified atom stereocenters. The number of hydrogen-bond acceptors (Lipinski definition) is 8. The van der Waals surface area contributed by atoms with Gasteiger partial charge in [-0.2, -0.15) is 13.2 Å². The minimum Gasteiger partial charge on any atom is -0.511 e. The predicted octanol–water partition coefficient (Wildman–Crippen LogP) is 10.1. The molecular formula is C37H38Cl2F3NO8. The fourth-order valence-corrected chi connectivity index (χ4v) is 5.99. The maximum atomic E-state index is 12.7. The molecule has 0 aromatic heterocycles. The highest BCUT2D eigenvalue weighted by atomic mass is 35.5. The van der Waals surface area contributed by atoms with Gasteiger partial charge in [-0.1, -0.05) is 53.0 Å². The molecule has 0 amide bonds. The van der Waals surface area contributed by atoms with E-state index in [0.29, 0.717) is 43.2 Å². The van der Waals surface area contributed by atoms with Gasteiger partial charge in [0.05, 0.1) is 32.5 Å². The zero-order valence-electron chi connectivity index (χ0n) is 28.8. The number of allylic oxidation sites excluding steroid dienone is 2. The number of nitrogens with zero attached hydrogens (tertiary/aromatic N) is 1. The Bertz CT molecular complexity index is 1830. The molecule has 2 atom stereocenters. The summed E-state index contributed by atoms with van der Waals surface area (Å²) >= 11 is 11.7. The van der Waals surface area contributed by atoms with Gasteiger partial charge in [-0.05, 0) is 100 Å². The van der Waals surface area contributed by atoms with Gasteiger partial charge in [0.2, 0.25) is 0 Å². The van der Waals surface area contributed by atoms with Gasteiger partial charge in [-0.3, -0.25) is 4.79 Å². The lowest BCUT2D eigenvalue weighted by atomic mass is 9.78. The summed E-state index contributed by atoms with van der Waals surface area (Å²) in [7, 11) is 0. The molecule has 1 aliphatic carbocycles. The number of carbonyl (C=O) groups excluding carboxylic acids is 2. The van der Waals surface area contributed by atoms with Gasteiger partial charge in [0, 0.05) is 12.8 Å². The number of oxime groups is 1. The Labute approximate surface area is 303 Å². The first-order chi connectivity index (χ1) is 23.9. The van der Waals surface area contributed by atoms with Gasteiger partial charge in [-0.15, -0.1) is 0 Å². The summed E-state index contributed by atoms with van der Waals surface area (Å²) in [5.74, 6) is -2.28. The van der Waals surface area contributed by atoms with E-state index in [9.17, 15) is 32.7 Å². The maximum absolute atomic E-state index is 12.7. The fraction of sp³-hybridized carbons (Fsp3) is 0.351. The molecule has 4 rings (SSSR count). The fourth-order valence-electron chi connectivity index (χ4n) is 5.58. The average Bonchev–Trinajstić information content (AvgIpc) is 3.03. The normalized spacial score (nSPS) is 15.5. The van der Waals surface area contributed by atoms with Gasteiger partial charge >= 0.3 is 18.1 Å². The number of rotatable bonds is 10. The molecule has 1 aliphatic rings. The predicted molar refractivity (Wildman–Crippen MR) is 187 cm³/mol. The second kappa shape index (κ2) is 17.6.